The summed E-state index contributed by atoms with van der Waals surface area (Å²) in [4.78, 5) is 4.61. The van der Waals surface area contributed by atoms with Gasteiger partial charge in [0.1, 0.15) is 11.5 Å². The van der Waals surface area contributed by atoms with E-state index in [2.05, 4.69) is 15.6 Å². The average molecular weight is 327 g/mol. The van der Waals surface area contributed by atoms with Crippen molar-refractivity contribution in [3.8, 4) is 11.5 Å². The molecule has 24 heavy (non-hydrogen) atoms. The van der Waals surface area contributed by atoms with Gasteiger partial charge in [-0.25, -0.2) is 4.99 Å². The lowest BCUT2D eigenvalue weighted by atomic mass is 10.1. The van der Waals surface area contributed by atoms with Crippen LogP contribution in [0.5, 0.6) is 11.5 Å². The molecule has 2 aromatic rings. The number of hydrogen-bond donors (Lipinski definition) is 3. The number of benzene rings is 2. The molecule has 0 saturated carbocycles. The van der Waals surface area contributed by atoms with E-state index >= 15 is 0 Å². The molecule has 0 aliphatic rings. The molecule has 0 saturated heterocycles. The number of aliphatic imine (C=N–C) groups is 1. The number of phenols is 1. The second-order valence-corrected chi connectivity index (χ2v) is 5.35. The smallest absolute Gasteiger partial charge is 0.191 e. The summed E-state index contributed by atoms with van der Waals surface area (Å²) in [6, 6.07) is 15.2. The molecule has 0 aliphatic heterocycles. The van der Waals surface area contributed by atoms with Crippen molar-refractivity contribution in [1.82, 2.24) is 10.6 Å². The molecule has 0 radical (unpaired) electrons. The Morgan fingerprint density at radius 3 is 2.71 bits per heavy atom. The molecular weight excluding hydrogens is 302 g/mol. The molecule has 0 atom stereocenters. The maximum absolute atomic E-state index is 9.50. The Kier molecular flexibility index (Phi) is 6.95. The minimum absolute atomic E-state index is 0.296. The van der Waals surface area contributed by atoms with Gasteiger partial charge in [0.05, 0.1) is 13.7 Å². The minimum Gasteiger partial charge on any atom is -0.508 e. The van der Waals surface area contributed by atoms with Crippen LogP contribution in [0.15, 0.2) is 53.5 Å². The van der Waals surface area contributed by atoms with Crippen molar-refractivity contribution in [2.75, 3.05) is 20.2 Å². The van der Waals surface area contributed by atoms with Gasteiger partial charge in [-0.05, 0) is 37.1 Å². The van der Waals surface area contributed by atoms with Gasteiger partial charge in [-0.1, -0.05) is 30.3 Å². The van der Waals surface area contributed by atoms with Crippen LogP contribution in [0.1, 0.15) is 18.1 Å². The number of ether oxygens (including phenoxy) is 1. The van der Waals surface area contributed by atoms with Gasteiger partial charge >= 0.3 is 0 Å². The zero-order valence-electron chi connectivity index (χ0n) is 14.2. The van der Waals surface area contributed by atoms with E-state index in [1.807, 2.05) is 43.3 Å². The zero-order valence-corrected chi connectivity index (χ0v) is 14.2. The summed E-state index contributed by atoms with van der Waals surface area (Å²) < 4.78 is 5.35. The van der Waals surface area contributed by atoms with Crippen molar-refractivity contribution >= 4 is 5.96 Å². The topological polar surface area (TPSA) is 65.9 Å². The molecule has 2 aromatic carbocycles. The van der Waals surface area contributed by atoms with Crippen LogP contribution < -0.4 is 15.4 Å². The molecule has 2 rings (SSSR count). The number of guanidine groups is 1. The molecule has 5 heteroatoms. The molecule has 0 amide bonds. The van der Waals surface area contributed by atoms with E-state index in [1.165, 1.54) is 0 Å². The summed E-state index contributed by atoms with van der Waals surface area (Å²) in [5.41, 5.74) is 2.13. The maximum Gasteiger partial charge on any atom is 0.191 e. The van der Waals surface area contributed by atoms with Crippen molar-refractivity contribution in [1.29, 1.82) is 0 Å². The van der Waals surface area contributed by atoms with Gasteiger partial charge in [0.15, 0.2) is 5.96 Å². The standard InChI is InChI=1S/C19H25N3O2/c1-3-20-19(21-12-11-15-7-6-9-17(23)13-15)22-14-16-8-4-5-10-18(16)24-2/h4-10,13,23H,3,11-12,14H2,1-2H3,(H2,20,21,22). The number of methoxy groups -OCH3 is 1. The van der Waals surface area contributed by atoms with Crippen LogP contribution in [0.3, 0.4) is 0 Å². The highest BCUT2D eigenvalue weighted by atomic mass is 16.5. The quantitative estimate of drug-likeness (QED) is 0.540. The minimum atomic E-state index is 0.296. The van der Waals surface area contributed by atoms with E-state index in [1.54, 1.807) is 19.2 Å². The van der Waals surface area contributed by atoms with Gasteiger partial charge in [-0.3, -0.25) is 0 Å². The van der Waals surface area contributed by atoms with Crippen molar-refractivity contribution in [2.24, 2.45) is 4.99 Å². The molecule has 0 spiro atoms. The Hall–Kier alpha value is -2.69. The van der Waals surface area contributed by atoms with Gasteiger partial charge in [0.2, 0.25) is 0 Å². The van der Waals surface area contributed by atoms with E-state index in [0.717, 1.165) is 42.3 Å². The van der Waals surface area contributed by atoms with Crippen molar-refractivity contribution < 1.29 is 9.84 Å². The Morgan fingerprint density at radius 2 is 1.96 bits per heavy atom. The first-order valence-electron chi connectivity index (χ1n) is 8.15. The molecule has 0 fully saturated rings. The third-order valence-corrected chi connectivity index (χ3v) is 3.56. The van der Waals surface area contributed by atoms with Crippen LogP contribution in [0.25, 0.3) is 0 Å². The summed E-state index contributed by atoms with van der Waals surface area (Å²) in [5, 5.41) is 16.0. The van der Waals surface area contributed by atoms with Gasteiger partial charge in [0, 0.05) is 18.7 Å². The lowest BCUT2D eigenvalue weighted by Gasteiger charge is -2.12. The first-order chi connectivity index (χ1) is 11.7. The molecule has 0 heterocycles. The summed E-state index contributed by atoms with van der Waals surface area (Å²) in [7, 11) is 1.67. The summed E-state index contributed by atoms with van der Waals surface area (Å²) in [6.07, 6.45) is 0.813. The molecule has 0 aromatic heterocycles. The number of aromatic hydroxyl groups is 1. The van der Waals surface area contributed by atoms with Gasteiger partial charge in [0.25, 0.3) is 0 Å². The number of phenolic OH excluding ortho intramolecular Hbond substituents is 1. The van der Waals surface area contributed by atoms with Crippen LogP contribution in [0.2, 0.25) is 0 Å². The van der Waals surface area contributed by atoms with E-state index in [9.17, 15) is 5.11 Å². The fourth-order valence-corrected chi connectivity index (χ4v) is 2.38. The Morgan fingerprint density at radius 1 is 1.12 bits per heavy atom. The van der Waals surface area contributed by atoms with Gasteiger partial charge < -0.3 is 20.5 Å². The van der Waals surface area contributed by atoms with Crippen LogP contribution in [-0.2, 0) is 13.0 Å². The Bertz CT molecular complexity index is 671. The number of nitrogens with zero attached hydrogens (tertiary/aromatic N) is 1. The molecule has 5 nitrogen and oxygen atoms in total. The van der Waals surface area contributed by atoms with E-state index in [0.29, 0.717) is 12.3 Å². The highest BCUT2D eigenvalue weighted by molar-refractivity contribution is 5.79. The van der Waals surface area contributed by atoms with E-state index in [4.69, 9.17) is 4.74 Å². The Labute approximate surface area is 143 Å². The van der Waals surface area contributed by atoms with Crippen LogP contribution in [0.4, 0.5) is 0 Å². The number of hydrogen-bond acceptors (Lipinski definition) is 3. The van der Waals surface area contributed by atoms with Crippen LogP contribution >= 0.6 is 0 Å². The monoisotopic (exact) mass is 327 g/mol. The van der Waals surface area contributed by atoms with Gasteiger partial charge in [-0.2, -0.15) is 0 Å². The fraction of sp³-hybridized carbons (Fsp3) is 0.316. The Balaban J connectivity index is 1.93. The summed E-state index contributed by atoms with van der Waals surface area (Å²) in [6.45, 7) is 4.12. The molecule has 0 aliphatic carbocycles. The third-order valence-electron chi connectivity index (χ3n) is 3.56. The highest BCUT2D eigenvalue weighted by Gasteiger charge is 2.02. The normalized spacial score (nSPS) is 11.2. The molecule has 128 valence electrons. The van der Waals surface area contributed by atoms with Crippen molar-refractivity contribution in [3.63, 3.8) is 0 Å². The van der Waals surface area contributed by atoms with Crippen LogP contribution in [0, 0.1) is 0 Å². The van der Waals surface area contributed by atoms with E-state index in [-0.39, 0.29) is 0 Å². The first-order valence-corrected chi connectivity index (χ1v) is 8.15. The largest absolute Gasteiger partial charge is 0.508 e. The lowest BCUT2D eigenvalue weighted by molar-refractivity contribution is 0.410. The maximum atomic E-state index is 9.50. The molecule has 0 bridgehead atoms. The predicted molar refractivity (Wildman–Crippen MR) is 97.6 cm³/mol. The highest BCUT2D eigenvalue weighted by Crippen LogP contribution is 2.17. The molecule has 3 N–H and O–H groups in total. The SMILES string of the molecule is CCNC(=NCc1ccccc1OC)NCCc1cccc(O)c1. The predicted octanol–water partition coefficient (Wildman–Crippen LogP) is 2.70. The zero-order chi connectivity index (χ0) is 17.2. The second-order valence-electron chi connectivity index (χ2n) is 5.35. The fourth-order valence-electron chi connectivity index (χ4n) is 2.38. The third kappa shape index (κ3) is 5.50. The van der Waals surface area contributed by atoms with E-state index < -0.39 is 0 Å². The van der Waals surface area contributed by atoms with Crippen molar-refractivity contribution in [3.05, 3.63) is 59.7 Å². The average Bonchev–Trinajstić information content (AvgIpc) is 2.60. The lowest BCUT2D eigenvalue weighted by Crippen LogP contribution is -2.38. The van der Waals surface area contributed by atoms with Crippen molar-refractivity contribution in [2.45, 2.75) is 19.9 Å². The van der Waals surface area contributed by atoms with Gasteiger partial charge in [-0.15, -0.1) is 0 Å². The molecule has 0 unspecified atom stereocenters. The summed E-state index contributed by atoms with van der Waals surface area (Å²) >= 11 is 0. The number of rotatable bonds is 7. The number of nitrogens with one attached hydrogen (secondary N) is 2. The molecular formula is C19H25N3O2. The number of para-hydroxylation sites is 1. The first kappa shape index (κ1) is 17.7. The summed E-state index contributed by atoms with van der Waals surface area (Å²) in [5.74, 6) is 1.91. The second kappa shape index (κ2) is 9.45. The van der Waals surface area contributed by atoms with Crippen LogP contribution in [-0.4, -0.2) is 31.3 Å².